The molecule has 1 aliphatic carbocycles. The van der Waals surface area contributed by atoms with Crippen LogP contribution in [0.15, 0.2) is 0 Å². The Kier molecular flexibility index (Phi) is 9.87. The summed E-state index contributed by atoms with van der Waals surface area (Å²) in [6.07, 6.45) is -14.3. The van der Waals surface area contributed by atoms with Crippen LogP contribution in [-0.2, 0) is 45.5 Å². The Hall–Kier alpha value is 0.480. The van der Waals surface area contributed by atoms with Crippen LogP contribution < -0.4 is 9.79 Å². The molecule has 2 unspecified atom stereocenters. The molecular weight excluding hydrogens is 610 g/mol. The maximum absolute atomic E-state index is 11.8. The van der Waals surface area contributed by atoms with Crippen molar-refractivity contribution >= 4 is 47.3 Å². The molecular formula is C6H14O22P6. The van der Waals surface area contributed by atoms with Gasteiger partial charge in [-0.3, -0.25) is 18.1 Å². The monoisotopic (exact) mass is 624 g/mol. The van der Waals surface area contributed by atoms with E-state index in [1.165, 1.54) is 0 Å². The van der Waals surface area contributed by atoms with Gasteiger partial charge in [-0.15, -0.1) is 0 Å². The standard InChI is InChI=1S/C6H14O22P6/c7-5(29(9)10)3(27-33(19,20)21)1(25-31(13,14)15)2(26-32(16,17)18)4(28-34(22,23)24)6(5,8)30(11)12/h1-4,7-8H,(H2,13,14,15)(H2,16,17,18)(H2,19,20,21)(H2,22,23,24)/t1-,2+,3-,4-,5-,6-/m1/s1. The molecule has 0 spiro atoms. The molecule has 1 rings (SSSR count). The van der Waals surface area contributed by atoms with E-state index in [-0.39, 0.29) is 0 Å². The molecule has 0 saturated heterocycles. The van der Waals surface area contributed by atoms with Crippen molar-refractivity contribution in [3.8, 4) is 0 Å². The van der Waals surface area contributed by atoms with Gasteiger partial charge in [-0.05, 0) is 0 Å². The fraction of sp³-hybridized carbons (Fsp3) is 1.00. The highest BCUT2D eigenvalue weighted by atomic mass is 31.2. The van der Waals surface area contributed by atoms with Gasteiger partial charge in [-0.25, -0.2) is 18.3 Å². The van der Waals surface area contributed by atoms with Gasteiger partial charge in [0.25, 0.3) is 0 Å². The molecule has 0 aromatic carbocycles. The van der Waals surface area contributed by atoms with Crippen LogP contribution in [0.25, 0.3) is 0 Å². The fourth-order valence-corrected chi connectivity index (χ4v) is 7.30. The molecule has 28 heteroatoms. The lowest BCUT2D eigenvalue weighted by molar-refractivity contribution is -0.279. The summed E-state index contributed by atoms with van der Waals surface area (Å²) >= 11 is 0. The van der Waals surface area contributed by atoms with Crippen molar-refractivity contribution in [1.82, 2.24) is 0 Å². The van der Waals surface area contributed by atoms with Crippen LogP contribution in [0.3, 0.4) is 0 Å². The van der Waals surface area contributed by atoms with E-state index in [1.807, 2.05) is 0 Å². The highest BCUT2D eigenvalue weighted by Gasteiger charge is 2.86. The Balaban J connectivity index is 4.20. The van der Waals surface area contributed by atoms with Crippen LogP contribution in [0.5, 0.6) is 0 Å². The second-order valence-electron chi connectivity index (χ2n) is 6.12. The maximum atomic E-state index is 11.8. The van der Waals surface area contributed by atoms with Crippen molar-refractivity contribution in [3.05, 3.63) is 0 Å². The number of phosphoric acid groups is 4. The number of aliphatic hydroxyl groups is 2. The average Bonchev–Trinajstić information content (AvgIpc) is 2.54. The van der Waals surface area contributed by atoms with Crippen LogP contribution in [0.4, 0.5) is 0 Å². The van der Waals surface area contributed by atoms with Crippen molar-refractivity contribution < 1.29 is 105 Å². The van der Waals surface area contributed by atoms with Crippen LogP contribution in [0.1, 0.15) is 0 Å². The second kappa shape index (κ2) is 10.3. The zero-order valence-corrected chi connectivity index (χ0v) is 20.7. The summed E-state index contributed by atoms with van der Waals surface area (Å²) in [4.78, 5) is 96.0. The van der Waals surface area contributed by atoms with Crippen LogP contribution in [0, 0.1) is 0 Å². The van der Waals surface area contributed by atoms with Crippen LogP contribution in [-0.4, -0.2) is 84.5 Å². The molecule has 22 nitrogen and oxygen atoms in total. The van der Waals surface area contributed by atoms with Gasteiger partial charge in [-0.2, -0.15) is 0 Å². The molecule has 200 valence electrons. The van der Waals surface area contributed by atoms with E-state index in [9.17, 15) is 47.4 Å². The smallest absolute Gasteiger partial charge is 0.470 e. The first-order valence-electron chi connectivity index (χ1n) is 7.46. The Morgan fingerprint density at radius 2 is 0.765 bits per heavy atom. The van der Waals surface area contributed by atoms with Crippen molar-refractivity contribution in [1.29, 1.82) is 0 Å². The molecule has 0 aromatic rings. The van der Waals surface area contributed by atoms with Gasteiger partial charge in [0, 0.05) is 0 Å². The SMILES string of the molecule is O=[P+]([O-])[C@]1(O)[C@H](OP(=O)(O)O)[C@H](OP(=O)(O)O)[C@H](OP(=O)(O)O)[C@@H](OP(=O)(O)O)[C@@]1(O)[P+](=O)[O-]. The third-order valence-electron chi connectivity index (χ3n) is 3.83. The van der Waals surface area contributed by atoms with E-state index >= 15 is 0 Å². The molecule has 1 saturated carbocycles. The molecule has 0 radical (unpaired) electrons. The summed E-state index contributed by atoms with van der Waals surface area (Å²) in [6.45, 7) is 0. The molecule has 0 aliphatic heterocycles. The number of rotatable bonds is 10. The largest absolute Gasteiger partial charge is 0.593 e. The lowest BCUT2D eigenvalue weighted by Gasteiger charge is -2.49. The lowest BCUT2D eigenvalue weighted by atomic mass is 9.83. The first kappa shape index (κ1) is 32.5. The normalized spacial score (nSPS) is 34.6. The van der Waals surface area contributed by atoms with Gasteiger partial charge in [0.2, 0.25) is 0 Å². The number of hydrogen-bond acceptors (Lipinski definition) is 14. The van der Waals surface area contributed by atoms with Gasteiger partial charge in [-0.1, -0.05) is 9.13 Å². The highest BCUT2D eigenvalue weighted by molar-refractivity contribution is 7.47. The first-order valence-corrected chi connectivity index (χ1v) is 15.9. The second-order valence-corrected chi connectivity index (χ2v) is 13.3. The summed E-state index contributed by atoms with van der Waals surface area (Å²) in [7, 11) is -34.8. The maximum Gasteiger partial charge on any atom is 0.470 e. The number of hydrogen-bond donors (Lipinski definition) is 10. The third kappa shape index (κ3) is 7.51. The third-order valence-corrected chi connectivity index (χ3v) is 8.35. The Morgan fingerprint density at radius 1 is 0.559 bits per heavy atom. The van der Waals surface area contributed by atoms with E-state index in [0.717, 1.165) is 0 Å². The molecule has 10 N–H and O–H groups in total. The summed E-state index contributed by atoms with van der Waals surface area (Å²) in [6, 6.07) is 0. The minimum absolute atomic E-state index is 3.44. The van der Waals surface area contributed by atoms with E-state index in [2.05, 4.69) is 18.1 Å². The van der Waals surface area contributed by atoms with Crippen molar-refractivity contribution in [3.63, 3.8) is 0 Å². The van der Waals surface area contributed by atoms with Gasteiger partial charge < -0.3 is 59.1 Å². The summed E-state index contributed by atoms with van der Waals surface area (Å²) in [5.41, 5.74) is 0. The molecule has 8 atom stereocenters. The first-order chi connectivity index (χ1) is 14.8. The minimum atomic E-state index is -6.19. The predicted molar refractivity (Wildman–Crippen MR) is 92.8 cm³/mol. The Bertz CT molecular complexity index is 919. The van der Waals surface area contributed by atoms with E-state index in [0.29, 0.717) is 0 Å². The van der Waals surface area contributed by atoms with E-state index < -0.39 is 82.4 Å². The molecule has 1 aliphatic rings. The van der Waals surface area contributed by atoms with Gasteiger partial charge >= 0.3 is 58.0 Å². The zero-order valence-electron chi connectivity index (χ0n) is 15.4. The quantitative estimate of drug-likeness (QED) is 0.102. The lowest BCUT2D eigenvalue weighted by Crippen LogP contribution is -2.77. The average molecular weight is 624 g/mol. The topological polar surface area (TPSA) is 388 Å². The summed E-state index contributed by atoms with van der Waals surface area (Å²) in [5.74, 6) is 0. The zero-order chi connectivity index (χ0) is 27.3. The Labute approximate surface area is 187 Å². The molecule has 0 heterocycles. The molecule has 0 bridgehead atoms. The highest BCUT2D eigenvalue weighted by Crippen LogP contribution is 2.65. The molecule has 1 fully saturated rings. The van der Waals surface area contributed by atoms with Crippen molar-refractivity contribution in [2.45, 2.75) is 35.1 Å². The minimum Gasteiger partial charge on any atom is -0.593 e. The van der Waals surface area contributed by atoms with Crippen LogP contribution >= 0.6 is 47.3 Å². The summed E-state index contributed by atoms with van der Waals surface area (Å²) < 4.78 is 84.6. The summed E-state index contributed by atoms with van der Waals surface area (Å²) in [5, 5.41) is 11.7. The van der Waals surface area contributed by atoms with E-state index in [4.69, 9.17) is 39.1 Å². The Morgan fingerprint density at radius 3 is 0.912 bits per heavy atom. The predicted octanol–water partition coefficient (Wildman–Crippen LogP) is -4.51. The van der Waals surface area contributed by atoms with Crippen LogP contribution in [0.2, 0.25) is 0 Å². The molecule has 0 aromatic heterocycles. The van der Waals surface area contributed by atoms with Crippen molar-refractivity contribution in [2.24, 2.45) is 0 Å². The molecule has 0 amide bonds. The van der Waals surface area contributed by atoms with E-state index in [1.54, 1.807) is 0 Å². The number of phosphoric ester groups is 4. The fourth-order valence-electron chi connectivity index (χ4n) is 2.81. The van der Waals surface area contributed by atoms with Gasteiger partial charge in [0.15, 0.2) is 12.2 Å². The van der Waals surface area contributed by atoms with Crippen molar-refractivity contribution in [2.75, 3.05) is 0 Å². The van der Waals surface area contributed by atoms with Gasteiger partial charge in [0.05, 0.1) is 0 Å². The molecule has 34 heavy (non-hydrogen) atoms. The van der Waals surface area contributed by atoms with Gasteiger partial charge in [0.1, 0.15) is 12.2 Å².